The predicted molar refractivity (Wildman–Crippen MR) is 130 cm³/mol. The molecule has 2 aliphatic rings. The van der Waals surface area contributed by atoms with Crippen LogP contribution in [0.4, 0.5) is 5.69 Å². The molecule has 0 spiro atoms. The summed E-state index contributed by atoms with van der Waals surface area (Å²) in [5.41, 5.74) is 4.88. The number of hydrogen-bond donors (Lipinski definition) is 0. The van der Waals surface area contributed by atoms with E-state index in [1.54, 1.807) is 0 Å². The Labute approximate surface area is 192 Å². The molecule has 0 fully saturated rings. The molecule has 0 aromatic heterocycles. The molecule has 0 N–H and O–H groups in total. The van der Waals surface area contributed by atoms with Crippen molar-refractivity contribution in [1.29, 1.82) is 0 Å². The van der Waals surface area contributed by atoms with Gasteiger partial charge in [0.25, 0.3) is 11.8 Å². The molecule has 4 nitrogen and oxygen atoms in total. The van der Waals surface area contributed by atoms with Gasteiger partial charge in [-0.15, -0.1) is 0 Å². The largest absolute Gasteiger partial charge is 0.362 e. The molecule has 0 aliphatic carbocycles. The second-order valence-corrected chi connectivity index (χ2v) is 8.47. The van der Waals surface area contributed by atoms with Crippen LogP contribution in [0.1, 0.15) is 16.7 Å². The van der Waals surface area contributed by atoms with Crippen LogP contribution in [0, 0.1) is 0 Å². The van der Waals surface area contributed by atoms with E-state index in [0.717, 1.165) is 22.8 Å². The minimum absolute atomic E-state index is 0.255. The van der Waals surface area contributed by atoms with Crippen molar-refractivity contribution in [2.75, 3.05) is 11.4 Å². The van der Waals surface area contributed by atoms with E-state index < -0.39 is 0 Å². The summed E-state index contributed by atoms with van der Waals surface area (Å²) in [5, 5.41) is 1.89. The van der Waals surface area contributed by atoms with Crippen LogP contribution in [0.2, 0.25) is 0 Å². The van der Waals surface area contributed by atoms with Crippen LogP contribution < -0.4 is 4.90 Å². The van der Waals surface area contributed by atoms with E-state index in [9.17, 15) is 9.59 Å². The van der Waals surface area contributed by atoms with Crippen LogP contribution >= 0.6 is 0 Å². The Morgan fingerprint density at radius 1 is 0.636 bits per heavy atom. The van der Waals surface area contributed by atoms with Crippen molar-refractivity contribution in [2.24, 2.45) is 0 Å². The zero-order valence-corrected chi connectivity index (χ0v) is 18.1. The van der Waals surface area contributed by atoms with Gasteiger partial charge in [-0.2, -0.15) is 0 Å². The van der Waals surface area contributed by atoms with Crippen LogP contribution in [0.25, 0.3) is 16.3 Å². The molecule has 4 aromatic rings. The number of anilines is 1. The second-order valence-electron chi connectivity index (χ2n) is 8.47. The summed E-state index contributed by atoms with van der Waals surface area (Å²) in [6, 6.07) is 31.5. The Balaban J connectivity index is 1.50. The van der Waals surface area contributed by atoms with E-state index in [1.807, 2.05) is 78.9 Å². The number of imide groups is 1. The smallest absolute Gasteiger partial charge is 0.282 e. The number of amides is 2. The standard InChI is InChI=1S/C29H22N2O2/c32-28-26(22-11-2-1-3-12-22)27(30-18-17-20-9-4-5-13-23(20)19-30)29(33)31(28)25-16-8-14-21-10-6-7-15-24(21)25/h1-16H,17-19H2. The Morgan fingerprint density at radius 2 is 1.33 bits per heavy atom. The maximum absolute atomic E-state index is 14.0. The normalized spacial score (nSPS) is 16.0. The number of carbonyl (C=O) groups excluding carboxylic acids is 2. The lowest BCUT2D eigenvalue weighted by molar-refractivity contribution is -0.120. The van der Waals surface area contributed by atoms with Gasteiger partial charge in [0.2, 0.25) is 0 Å². The first-order chi connectivity index (χ1) is 16.2. The lowest BCUT2D eigenvalue weighted by Crippen LogP contribution is -2.37. The maximum atomic E-state index is 14.0. The number of hydrogen-bond acceptors (Lipinski definition) is 3. The molecule has 0 radical (unpaired) electrons. The van der Waals surface area contributed by atoms with Gasteiger partial charge in [-0.25, -0.2) is 4.90 Å². The highest BCUT2D eigenvalue weighted by Gasteiger charge is 2.43. The summed E-state index contributed by atoms with van der Waals surface area (Å²) in [7, 11) is 0. The number of carbonyl (C=O) groups is 2. The van der Waals surface area contributed by atoms with Crippen molar-refractivity contribution in [2.45, 2.75) is 13.0 Å². The fraction of sp³-hybridized carbons (Fsp3) is 0.103. The number of nitrogens with zero attached hydrogens (tertiary/aromatic N) is 2. The minimum Gasteiger partial charge on any atom is -0.362 e. The molecule has 160 valence electrons. The molecule has 2 amide bonds. The van der Waals surface area contributed by atoms with Crippen molar-refractivity contribution in [3.8, 4) is 0 Å². The highest BCUT2D eigenvalue weighted by Crippen LogP contribution is 2.39. The van der Waals surface area contributed by atoms with E-state index in [-0.39, 0.29) is 11.8 Å². The monoisotopic (exact) mass is 430 g/mol. The number of benzene rings is 4. The maximum Gasteiger partial charge on any atom is 0.282 e. The Kier molecular flexibility index (Phi) is 4.58. The van der Waals surface area contributed by atoms with Gasteiger partial charge in [-0.1, -0.05) is 91.0 Å². The summed E-state index contributed by atoms with van der Waals surface area (Å²) in [4.78, 5) is 31.3. The fourth-order valence-electron chi connectivity index (χ4n) is 4.99. The molecule has 0 unspecified atom stereocenters. The highest BCUT2D eigenvalue weighted by atomic mass is 16.2. The van der Waals surface area contributed by atoms with E-state index >= 15 is 0 Å². The Morgan fingerprint density at radius 3 is 2.18 bits per heavy atom. The Bertz CT molecular complexity index is 1430. The van der Waals surface area contributed by atoms with Crippen molar-refractivity contribution >= 4 is 33.8 Å². The van der Waals surface area contributed by atoms with Crippen LogP contribution in [0.5, 0.6) is 0 Å². The van der Waals surface area contributed by atoms with E-state index in [0.29, 0.717) is 30.0 Å². The third-order valence-electron chi connectivity index (χ3n) is 6.58. The molecule has 0 bridgehead atoms. The fourth-order valence-corrected chi connectivity index (χ4v) is 4.99. The van der Waals surface area contributed by atoms with Gasteiger partial charge >= 0.3 is 0 Å². The quantitative estimate of drug-likeness (QED) is 0.421. The first-order valence-electron chi connectivity index (χ1n) is 11.2. The summed E-state index contributed by atoms with van der Waals surface area (Å²) >= 11 is 0. The third-order valence-corrected chi connectivity index (χ3v) is 6.58. The van der Waals surface area contributed by atoms with Gasteiger partial charge in [0, 0.05) is 18.5 Å². The molecule has 2 aliphatic heterocycles. The van der Waals surface area contributed by atoms with Crippen LogP contribution in [-0.4, -0.2) is 23.3 Å². The van der Waals surface area contributed by atoms with Gasteiger partial charge < -0.3 is 4.90 Å². The molecule has 4 aromatic carbocycles. The third kappa shape index (κ3) is 3.14. The van der Waals surface area contributed by atoms with Gasteiger partial charge in [0.15, 0.2) is 0 Å². The van der Waals surface area contributed by atoms with E-state index in [4.69, 9.17) is 0 Å². The predicted octanol–water partition coefficient (Wildman–Crippen LogP) is 5.18. The van der Waals surface area contributed by atoms with Crippen molar-refractivity contribution in [3.05, 3.63) is 119 Å². The lowest BCUT2D eigenvalue weighted by atomic mass is 9.98. The average Bonchev–Trinajstić information content (AvgIpc) is 3.13. The Hall–Kier alpha value is -4.18. The van der Waals surface area contributed by atoms with Gasteiger partial charge in [-0.05, 0) is 34.6 Å². The van der Waals surface area contributed by atoms with Crippen molar-refractivity contribution in [3.63, 3.8) is 0 Å². The topological polar surface area (TPSA) is 40.6 Å². The highest BCUT2D eigenvalue weighted by molar-refractivity contribution is 6.46. The molecule has 6 rings (SSSR count). The molecular weight excluding hydrogens is 408 g/mol. The summed E-state index contributed by atoms with van der Waals surface area (Å²) in [6.45, 7) is 1.31. The summed E-state index contributed by atoms with van der Waals surface area (Å²) in [5.74, 6) is -0.522. The molecule has 0 atom stereocenters. The van der Waals surface area contributed by atoms with E-state index in [1.165, 1.54) is 16.0 Å². The van der Waals surface area contributed by atoms with Gasteiger partial charge in [-0.3, -0.25) is 9.59 Å². The first kappa shape index (κ1) is 19.5. The average molecular weight is 431 g/mol. The van der Waals surface area contributed by atoms with Crippen molar-refractivity contribution < 1.29 is 9.59 Å². The lowest BCUT2D eigenvalue weighted by Gasteiger charge is -2.31. The molecule has 2 heterocycles. The molecule has 4 heteroatoms. The van der Waals surface area contributed by atoms with Gasteiger partial charge in [0.05, 0.1) is 11.3 Å². The minimum atomic E-state index is -0.267. The SMILES string of the molecule is O=C1C(c2ccccc2)=C(N2CCc3ccccc3C2)C(=O)N1c1cccc2ccccc12. The summed E-state index contributed by atoms with van der Waals surface area (Å²) < 4.78 is 0. The summed E-state index contributed by atoms with van der Waals surface area (Å²) in [6.07, 6.45) is 0.845. The number of fused-ring (bicyclic) bond motifs is 2. The number of rotatable bonds is 3. The molecular formula is C29H22N2O2. The van der Waals surface area contributed by atoms with Crippen molar-refractivity contribution in [1.82, 2.24) is 4.90 Å². The molecule has 0 saturated heterocycles. The molecule has 33 heavy (non-hydrogen) atoms. The first-order valence-corrected chi connectivity index (χ1v) is 11.2. The van der Waals surface area contributed by atoms with Crippen LogP contribution in [0.3, 0.4) is 0 Å². The van der Waals surface area contributed by atoms with Crippen LogP contribution in [0.15, 0.2) is 103 Å². The zero-order valence-electron chi connectivity index (χ0n) is 18.1. The van der Waals surface area contributed by atoms with E-state index in [2.05, 4.69) is 23.1 Å². The molecule has 0 saturated carbocycles. The zero-order chi connectivity index (χ0) is 22.4. The second kappa shape index (κ2) is 7.75. The van der Waals surface area contributed by atoms with Crippen LogP contribution in [-0.2, 0) is 22.6 Å². The van der Waals surface area contributed by atoms with Gasteiger partial charge in [0.1, 0.15) is 5.70 Å².